The molecule has 47 heavy (non-hydrogen) atoms. The molecule has 0 radical (unpaired) electrons. The van der Waals surface area contributed by atoms with Crippen molar-refractivity contribution in [2.75, 3.05) is 33.5 Å². The molecule has 0 bridgehead atoms. The predicted molar refractivity (Wildman–Crippen MR) is 186 cm³/mol. The fourth-order valence-corrected chi connectivity index (χ4v) is 5.39. The number of methoxy groups -OCH3 is 1. The second-order valence-electron chi connectivity index (χ2n) is 13.1. The van der Waals surface area contributed by atoms with Crippen LogP contribution in [0.5, 0.6) is 11.5 Å². The van der Waals surface area contributed by atoms with Gasteiger partial charge in [0.25, 0.3) is 11.8 Å². The number of rotatable bonds is 26. The van der Waals surface area contributed by atoms with Crippen molar-refractivity contribution < 1.29 is 33.7 Å². The summed E-state index contributed by atoms with van der Waals surface area (Å²) in [6, 6.07) is 4.81. The minimum Gasteiger partial charge on any atom is -0.493 e. The van der Waals surface area contributed by atoms with Gasteiger partial charge in [-0.3, -0.25) is 14.4 Å². The number of aliphatic hydroxyl groups excluding tert-OH is 1. The Hall–Kier alpha value is -2.89. The highest BCUT2D eigenvalue weighted by Gasteiger charge is 2.27. The molecule has 270 valence electrons. The van der Waals surface area contributed by atoms with E-state index in [-0.39, 0.29) is 53.8 Å². The number of carbonyl (C=O) groups is 3. The molecule has 0 aliphatic heterocycles. The Kier molecular flexibility index (Phi) is 21.8. The maximum Gasteiger partial charge on any atom is 0.257 e. The molecule has 11 nitrogen and oxygen atoms in total. The Morgan fingerprint density at radius 2 is 1.55 bits per heavy atom. The summed E-state index contributed by atoms with van der Waals surface area (Å²) in [4.78, 5) is 38.4. The molecule has 0 aliphatic carbocycles. The van der Waals surface area contributed by atoms with Gasteiger partial charge < -0.3 is 41.0 Å². The van der Waals surface area contributed by atoms with E-state index in [1.807, 2.05) is 34.6 Å². The molecule has 0 spiro atoms. The van der Waals surface area contributed by atoms with Gasteiger partial charge in [-0.15, -0.1) is 0 Å². The van der Waals surface area contributed by atoms with Gasteiger partial charge in [0.05, 0.1) is 18.3 Å². The summed E-state index contributed by atoms with van der Waals surface area (Å²) in [5, 5.41) is 19.7. The summed E-state index contributed by atoms with van der Waals surface area (Å²) in [6.07, 6.45) is 6.71. The van der Waals surface area contributed by atoms with Gasteiger partial charge in [0.1, 0.15) is 17.7 Å². The molecule has 0 fully saturated rings. The van der Waals surface area contributed by atoms with E-state index in [9.17, 15) is 19.5 Å². The molecular formula is C36H64N4O7. The number of amides is 3. The number of nitrogens with two attached hydrogens (primary N) is 1. The molecule has 1 aromatic carbocycles. The predicted octanol–water partition coefficient (Wildman–Crippen LogP) is 5.14. The number of carbonyl (C=O) groups excluding carboxylic acids is 3. The van der Waals surface area contributed by atoms with Crippen LogP contribution in [-0.4, -0.2) is 68.7 Å². The average Bonchev–Trinajstić information content (AvgIpc) is 3.01. The van der Waals surface area contributed by atoms with Crippen molar-refractivity contribution in [1.29, 1.82) is 0 Å². The lowest BCUT2D eigenvalue weighted by molar-refractivity contribution is -0.127. The standard InChI is InChI=1S/C36H64N4O7/c1-8-10-20-38-33(41)24-47-27-18-19-30(31(23-27)46-22-14-13-21-45-7)36(44)40-35(43)29(26(5)6)17-12-11-16-28(25(3)4)34(42)39-32(37)15-9-2/h18-19,23,25-26,28-29,32,35,43H,8-17,20-22,24,37H2,1-7H3,(H,38,41)(H,39,42)(H,40,44)/t28-,29-,32-,35-/m0/s1. The van der Waals surface area contributed by atoms with Crippen LogP contribution in [0.25, 0.3) is 0 Å². The number of ether oxygens (including phenoxy) is 3. The highest BCUT2D eigenvalue weighted by Crippen LogP contribution is 2.28. The number of hydrogen-bond donors (Lipinski definition) is 5. The minimum absolute atomic E-state index is 0.00274. The molecule has 3 amide bonds. The minimum atomic E-state index is -1.07. The third-order valence-corrected chi connectivity index (χ3v) is 8.33. The smallest absolute Gasteiger partial charge is 0.257 e. The first-order chi connectivity index (χ1) is 22.4. The summed E-state index contributed by atoms with van der Waals surface area (Å²) < 4.78 is 16.8. The molecular weight excluding hydrogens is 600 g/mol. The summed E-state index contributed by atoms with van der Waals surface area (Å²) in [5.41, 5.74) is 6.31. The number of unbranched alkanes of at least 4 members (excludes halogenated alkanes) is 3. The summed E-state index contributed by atoms with van der Waals surface area (Å²) in [6.45, 7) is 13.7. The van der Waals surface area contributed by atoms with Crippen molar-refractivity contribution >= 4 is 17.7 Å². The van der Waals surface area contributed by atoms with Crippen LogP contribution < -0.4 is 31.2 Å². The van der Waals surface area contributed by atoms with Crippen LogP contribution in [0.4, 0.5) is 0 Å². The monoisotopic (exact) mass is 664 g/mol. The molecule has 0 saturated carbocycles. The quantitative estimate of drug-likeness (QED) is 0.0672. The molecule has 1 aromatic rings. The Labute approximate surface area is 283 Å². The van der Waals surface area contributed by atoms with Crippen LogP contribution >= 0.6 is 0 Å². The van der Waals surface area contributed by atoms with E-state index in [2.05, 4.69) is 22.9 Å². The van der Waals surface area contributed by atoms with Crippen LogP contribution in [0, 0.1) is 23.7 Å². The van der Waals surface area contributed by atoms with E-state index in [1.54, 1.807) is 25.3 Å². The van der Waals surface area contributed by atoms with Crippen LogP contribution in [0.15, 0.2) is 18.2 Å². The van der Waals surface area contributed by atoms with Gasteiger partial charge in [0, 0.05) is 38.2 Å². The molecule has 0 heterocycles. The normalized spacial score (nSPS) is 13.9. The second kappa shape index (κ2) is 24.3. The van der Waals surface area contributed by atoms with E-state index in [0.717, 1.165) is 57.8 Å². The SMILES string of the molecule is CCCCNC(=O)COc1ccc(C(=O)N[C@@H](O)[C@@H](CCCC[C@H](C(=O)N[C@H](N)CCC)C(C)C)C(C)C)c(OCCCCOC)c1. The molecule has 0 unspecified atom stereocenters. The van der Waals surface area contributed by atoms with Gasteiger partial charge in [-0.2, -0.15) is 0 Å². The molecule has 0 aliphatic rings. The van der Waals surface area contributed by atoms with E-state index < -0.39 is 12.1 Å². The molecule has 11 heteroatoms. The van der Waals surface area contributed by atoms with Gasteiger partial charge in [-0.25, -0.2) is 0 Å². The van der Waals surface area contributed by atoms with Gasteiger partial charge in [0.2, 0.25) is 5.91 Å². The maximum absolute atomic E-state index is 13.4. The Morgan fingerprint density at radius 1 is 0.851 bits per heavy atom. The van der Waals surface area contributed by atoms with Crippen LogP contribution in [-0.2, 0) is 14.3 Å². The summed E-state index contributed by atoms with van der Waals surface area (Å²) >= 11 is 0. The maximum atomic E-state index is 13.4. The first-order valence-electron chi connectivity index (χ1n) is 17.6. The third kappa shape index (κ3) is 17.2. The fraction of sp³-hybridized carbons (Fsp3) is 0.750. The lowest BCUT2D eigenvalue weighted by Gasteiger charge is -2.28. The largest absolute Gasteiger partial charge is 0.493 e. The zero-order valence-corrected chi connectivity index (χ0v) is 30.1. The van der Waals surface area contributed by atoms with Crippen molar-refractivity contribution in [2.24, 2.45) is 29.4 Å². The van der Waals surface area contributed by atoms with Crippen LogP contribution in [0.2, 0.25) is 0 Å². The van der Waals surface area contributed by atoms with Crippen molar-refractivity contribution in [3.63, 3.8) is 0 Å². The molecule has 0 saturated heterocycles. The summed E-state index contributed by atoms with van der Waals surface area (Å²) in [5.74, 6) is 0.0169. The van der Waals surface area contributed by atoms with Crippen molar-refractivity contribution in [2.45, 2.75) is 118 Å². The molecule has 1 rings (SSSR count). The molecule has 6 N–H and O–H groups in total. The number of hydrogen-bond acceptors (Lipinski definition) is 8. The number of aliphatic hydroxyl groups is 1. The highest BCUT2D eigenvalue weighted by molar-refractivity contribution is 5.97. The van der Waals surface area contributed by atoms with Crippen molar-refractivity contribution in [3.8, 4) is 11.5 Å². The van der Waals surface area contributed by atoms with Crippen LogP contribution in [0.1, 0.15) is 116 Å². The second-order valence-corrected chi connectivity index (χ2v) is 13.1. The average molecular weight is 665 g/mol. The van der Waals surface area contributed by atoms with E-state index in [4.69, 9.17) is 19.9 Å². The van der Waals surface area contributed by atoms with Gasteiger partial charge >= 0.3 is 0 Å². The van der Waals surface area contributed by atoms with Crippen molar-refractivity contribution in [3.05, 3.63) is 23.8 Å². The lowest BCUT2D eigenvalue weighted by atomic mass is 9.85. The van der Waals surface area contributed by atoms with E-state index >= 15 is 0 Å². The molecule has 0 aromatic heterocycles. The van der Waals surface area contributed by atoms with Gasteiger partial charge in [-0.05, 0) is 62.5 Å². The molecule has 4 atom stereocenters. The highest BCUT2D eigenvalue weighted by atomic mass is 16.5. The Bertz CT molecular complexity index is 1040. The zero-order chi connectivity index (χ0) is 35.2. The number of benzene rings is 1. The summed E-state index contributed by atoms with van der Waals surface area (Å²) in [7, 11) is 1.64. The van der Waals surface area contributed by atoms with Gasteiger partial charge in [-0.1, -0.05) is 67.2 Å². The Morgan fingerprint density at radius 3 is 2.19 bits per heavy atom. The number of nitrogens with one attached hydrogen (secondary N) is 3. The lowest BCUT2D eigenvalue weighted by Crippen LogP contribution is -2.45. The third-order valence-electron chi connectivity index (χ3n) is 8.33. The first-order valence-corrected chi connectivity index (χ1v) is 17.6. The van der Waals surface area contributed by atoms with Gasteiger partial charge in [0.15, 0.2) is 6.61 Å². The topological polar surface area (TPSA) is 161 Å². The fourth-order valence-electron chi connectivity index (χ4n) is 5.39. The Balaban J connectivity index is 2.88. The zero-order valence-electron chi connectivity index (χ0n) is 30.1. The van der Waals surface area contributed by atoms with E-state index in [1.165, 1.54) is 0 Å². The van der Waals surface area contributed by atoms with Crippen molar-refractivity contribution in [1.82, 2.24) is 16.0 Å². The van der Waals surface area contributed by atoms with Crippen LogP contribution in [0.3, 0.4) is 0 Å². The van der Waals surface area contributed by atoms with E-state index in [0.29, 0.717) is 37.7 Å². The first kappa shape index (κ1) is 42.1.